The Kier molecular flexibility index (Phi) is 12.0. The van der Waals surface area contributed by atoms with Crippen LogP contribution in [0.2, 0.25) is 10.0 Å². The number of urea groups is 1. The van der Waals surface area contributed by atoms with Gasteiger partial charge in [-0.1, -0.05) is 59.6 Å². The first kappa shape index (κ1) is 38.4. The van der Waals surface area contributed by atoms with Gasteiger partial charge in [0.15, 0.2) is 0 Å². The summed E-state index contributed by atoms with van der Waals surface area (Å²) >= 11 is 12.6. The van der Waals surface area contributed by atoms with Gasteiger partial charge in [0.25, 0.3) is 5.91 Å². The fraction of sp³-hybridized carbons (Fsp3) is 0.300. The Morgan fingerprint density at radius 1 is 0.963 bits per heavy atom. The molecule has 4 amide bonds. The number of aromatic hydroxyl groups is 1. The number of nitrogens with one attached hydrogen (secondary N) is 1. The smallest absolute Gasteiger partial charge is 0.326 e. The number of carbonyl (C=O) groups is 3. The van der Waals surface area contributed by atoms with Crippen LogP contribution in [0, 0.1) is 0 Å². The number of hydrogen-bond acceptors (Lipinski definition) is 8. The minimum Gasteiger partial charge on any atom is -0.507 e. The molecular formula is C40H41Cl2N5O7. The second-order valence-corrected chi connectivity index (χ2v) is 14.0. The Labute approximate surface area is 323 Å². The summed E-state index contributed by atoms with van der Waals surface area (Å²) in [5, 5.41) is 23.6. The van der Waals surface area contributed by atoms with E-state index in [1.54, 1.807) is 59.4 Å². The summed E-state index contributed by atoms with van der Waals surface area (Å²) in [4.78, 5) is 51.2. The van der Waals surface area contributed by atoms with Crippen LogP contribution in [0.4, 0.5) is 4.79 Å². The Morgan fingerprint density at radius 2 is 1.65 bits per heavy atom. The second-order valence-electron chi connectivity index (χ2n) is 13.2. The van der Waals surface area contributed by atoms with E-state index in [0.717, 1.165) is 11.1 Å². The molecule has 1 fully saturated rings. The molecule has 3 N–H and O–H groups in total. The van der Waals surface area contributed by atoms with E-state index >= 15 is 0 Å². The molecule has 0 aromatic heterocycles. The van der Waals surface area contributed by atoms with Crippen LogP contribution in [-0.4, -0.2) is 94.5 Å². The highest BCUT2D eigenvalue weighted by atomic mass is 35.5. The average Bonchev–Trinajstić information content (AvgIpc) is 3.55. The van der Waals surface area contributed by atoms with Crippen LogP contribution in [0.15, 0.2) is 89.9 Å². The number of para-hydroxylation sites is 1. The quantitative estimate of drug-likeness (QED) is 0.164. The van der Waals surface area contributed by atoms with Crippen molar-refractivity contribution in [3.63, 3.8) is 0 Å². The fourth-order valence-corrected chi connectivity index (χ4v) is 6.83. The number of halogens is 2. The third-order valence-electron chi connectivity index (χ3n) is 9.28. The molecule has 2 aliphatic heterocycles. The lowest BCUT2D eigenvalue weighted by Gasteiger charge is -2.38. The van der Waals surface area contributed by atoms with E-state index < -0.39 is 30.6 Å². The summed E-state index contributed by atoms with van der Waals surface area (Å²) in [6, 6.07) is 22.9. The minimum atomic E-state index is -0.635. The molecule has 0 radical (unpaired) electrons. The number of rotatable bonds is 11. The van der Waals surface area contributed by atoms with E-state index in [1.807, 2.05) is 44.2 Å². The van der Waals surface area contributed by atoms with Crippen LogP contribution >= 0.6 is 23.2 Å². The number of aliphatic imine (C=N–C) groups is 1. The zero-order valence-corrected chi connectivity index (χ0v) is 31.5. The zero-order valence-electron chi connectivity index (χ0n) is 30.0. The van der Waals surface area contributed by atoms with Gasteiger partial charge in [0.2, 0.25) is 5.91 Å². The maximum absolute atomic E-state index is 14.9. The van der Waals surface area contributed by atoms with Gasteiger partial charge >= 0.3 is 6.03 Å². The molecule has 54 heavy (non-hydrogen) atoms. The highest BCUT2D eigenvalue weighted by molar-refractivity contribution is 6.30. The van der Waals surface area contributed by atoms with Crippen molar-refractivity contribution < 1.29 is 34.1 Å². The molecule has 4 aromatic carbocycles. The minimum absolute atomic E-state index is 0.0253. The topological polar surface area (TPSA) is 144 Å². The van der Waals surface area contributed by atoms with Crippen LogP contribution in [0.5, 0.6) is 17.2 Å². The Morgan fingerprint density at radius 3 is 2.28 bits per heavy atom. The Balaban J connectivity index is 1.29. The molecule has 0 bridgehead atoms. The number of hydrogen-bond donors (Lipinski definition) is 3. The number of ether oxygens (including phenoxy) is 2. The molecule has 6 rings (SSSR count). The van der Waals surface area contributed by atoms with Gasteiger partial charge in [0.1, 0.15) is 35.7 Å². The molecule has 0 unspecified atom stereocenters. The van der Waals surface area contributed by atoms with E-state index in [9.17, 15) is 24.6 Å². The highest BCUT2D eigenvalue weighted by Crippen LogP contribution is 2.46. The number of aliphatic hydroxyl groups excluding tert-OH is 1. The van der Waals surface area contributed by atoms with Crippen molar-refractivity contribution in [2.45, 2.75) is 38.6 Å². The summed E-state index contributed by atoms with van der Waals surface area (Å²) in [5.41, 5.74) is 2.44. The molecule has 2 atom stereocenters. The number of nitrogens with zero attached hydrogens (tertiary/aromatic N) is 4. The maximum atomic E-state index is 14.9. The first-order valence-electron chi connectivity index (χ1n) is 17.5. The zero-order chi connectivity index (χ0) is 38.5. The Hall–Kier alpha value is -5.30. The average molecular weight is 775 g/mol. The van der Waals surface area contributed by atoms with Gasteiger partial charge < -0.3 is 34.8 Å². The SMILES string of the molecule is COc1ccc(C2=N[C@@H](c3ccc(Cl)cc3)[C@@H](c3ccc(Cl)cc3)N2C(=O)N2CCN(CCNC(=O)c3cccc(CO)c3O)C(=O)C2)c(OC(C)C)c1. The number of amidine groups is 1. The first-order valence-corrected chi connectivity index (χ1v) is 18.2. The van der Waals surface area contributed by atoms with Crippen molar-refractivity contribution in [1.29, 1.82) is 0 Å². The first-order chi connectivity index (χ1) is 26.0. The van der Waals surface area contributed by atoms with Crippen molar-refractivity contribution in [3.8, 4) is 17.2 Å². The third-order valence-corrected chi connectivity index (χ3v) is 9.78. The molecule has 2 heterocycles. The van der Waals surface area contributed by atoms with Crippen molar-refractivity contribution in [2.24, 2.45) is 4.99 Å². The van der Waals surface area contributed by atoms with Crippen LogP contribution in [0.3, 0.4) is 0 Å². The number of phenols is 1. The number of piperazine rings is 1. The van der Waals surface area contributed by atoms with E-state index in [1.165, 1.54) is 17.0 Å². The summed E-state index contributed by atoms with van der Waals surface area (Å²) in [7, 11) is 1.57. The predicted molar refractivity (Wildman–Crippen MR) is 205 cm³/mol. The Bertz CT molecular complexity index is 2040. The number of carbonyl (C=O) groups excluding carboxylic acids is 3. The highest BCUT2D eigenvalue weighted by Gasteiger charge is 2.45. The van der Waals surface area contributed by atoms with Crippen molar-refractivity contribution in [3.05, 3.63) is 123 Å². The van der Waals surface area contributed by atoms with Gasteiger partial charge in [-0.2, -0.15) is 0 Å². The van der Waals surface area contributed by atoms with Crippen LogP contribution in [0.1, 0.15) is 58.5 Å². The summed E-state index contributed by atoms with van der Waals surface area (Å²) in [6.45, 7) is 3.95. The van der Waals surface area contributed by atoms with Gasteiger partial charge in [-0.3, -0.25) is 19.5 Å². The van der Waals surface area contributed by atoms with Gasteiger partial charge in [-0.05, 0) is 67.4 Å². The second kappa shape index (κ2) is 16.8. The normalized spacial score (nSPS) is 17.1. The number of benzene rings is 4. The largest absolute Gasteiger partial charge is 0.507 e. The lowest BCUT2D eigenvalue weighted by atomic mass is 9.93. The molecule has 282 valence electrons. The van der Waals surface area contributed by atoms with E-state index in [-0.39, 0.29) is 61.6 Å². The van der Waals surface area contributed by atoms with Gasteiger partial charge in [0.05, 0.1) is 37.0 Å². The van der Waals surface area contributed by atoms with Crippen LogP contribution in [-0.2, 0) is 11.4 Å². The molecule has 14 heteroatoms. The summed E-state index contributed by atoms with van der Waals surface area (Å²) in [6.07, 6.45) is -0.201. The number of aliphatic hydroxyl groups is 1. The molecule has 2 aliphatic rings. The van der Waals surface area contributed by atoms with E-state index in [4.69, 9.17) is 37.7 Å². The monoisotopic (exact) mass is 773 g/mol. The van der Waals surface area contributed by atoms with Crippen molar-refractivity contribution in [1.82, 2.24) is 20.0 Å². The molecule has 4 aromatic rings. The number of amides is 4. The fourth-order valence-electron chi connectivity index (χ4n) is 6.58. The van der Waals surface area contributed by atoms with Crippen molar-refractivity contribution in [2.75, 3.05) is 39.8 Å². The maximum Gasteiger partial charge on any atom is 0.326 e. The lowest BCUT2D eigenvalue weighted by Crippen LogP contribution is -2.57. The molecule has 0 aliphatic carbocycles. The van der Waals surface area contributed by atoms with Gasteiger partial charge in [-0.15, -0.1) is 0 Å². The van der Waals surface area contributed by atoms with E-state index in [0.29, 0.717) is 32.9 Å². The third kappa shape index (κ3) is 8.25. The van der Waals surface area contributed by atoms with Gasteiger partial charge in [0, 0.05) is 47.9 Å². The summed E-state index contributed by atoms with van der Waals surface area (Å²) < 4.78 is 11.8. The molecule has 0 saturated carbocycles. The molecular weight excluding hydrogens is 733 g/mol. The van der Waals surface area contributed by atoms with Crippen LogP contribution < -0.4 is 14.8 Å². The molecule has 12 nitrogen and oxygen atoms in total. The number of methoxy groups -OCH3 is 1. The van der Waals surface area contributed by atoms with Crippen LogP contribution in [0.25, 0.3) is 0 Å². The standard InChI is InChI=1S/C40H41Cl2N5O7/c1-24(2)54-33-21-30(53-3)15-16-31(33)38-44-35(25-7-11-28(41)12-8-25)36(26-9-13-29(42)14-10-26)47(38)40(52)46-20-19-45(34(49)22-46)18-17-43-39(51)32-6-4-5-27(23-48)37(32)50/h4-16,21,24,35-36,48,50H,17-20,22-23H2,1-3H3,(H,43,51)/t35-,36+/m0/s1. The predicted octanol–water partition coefficient (Wildman–Crippen LogP) is 6.23. The lowest BCUT2D eigenvalue weighted by molar-refractivity contribution is -0.134. The summed E-state index contributed by atoms with van der Waals surface area (Å²) in [5.74, 6) is 0.294. The molecule has 1 saturated heterocycles. The van der Waals surface area contributed by atoms with Gasteiger partial charge in [-0.25, -0.2) is 4.79 Å². The molecule has 0 spiro atoms. The van der Waals surface area contributed by atoms with Crippen molar-refractivity contribution >= 4 is 46.9 Å². The van der Waals surface area contributed by atoms with E-state index in [2.05, 4.69) is 5.32 Å².